The molecule has 19 rings (SSSR count). The van der Waals surface area contributed by atoms with Crippen LogP contribution in [0.2, 0.25) is 0 Å². The predicted molar refractivity (Wildman–Crippen MR) is 533 cm³/mol. The zero-order chi connectivity index (χ0) is 96.3. The molecule has 8 aromatic carbocycles. The molecule has 137 heavy (non-hydrogen) atoms. The Balaban J connectivity index is 0.000000132. The first-order valence-electron chi connectivity index (χ1n) is 48.1. The molecular formula is C110H130N12O15. The van der Waals surface area contributed by atoms with E-state index in [2.05, 4.69) is 142 Å². The number of hydrogen-bond acceptors (Lipinski definition) is 22. The first kappa shape index (κ1) is 97.2. The third-order valence-corrected chi connectivity index (χ3v) is 26.1. The molecular weight excluding hydrogens is 1730 g/mol. The lowest BCUT2D eigenvalue weighted by Crippen LogP contribution is -2.37. The quantitative estimate of drug-likeness (QED) is 0.0382. The topological polar surface area (TPSA) is 265 Å². The van der Waals surface area contributed by atoms with E-state index in [4.69, 9.17) is 67.8 Å². The van der Waals surface area contributed by atoms with Crippen LogP contribution >= 0.6 is 0 Å². The summed E-state index contributed by atoms with van der Waals surface area (Å²) in [6.45, 7) is 30.9. The fourth-order valence-electron chi connectivity index (χ4n) is 16.3. The molecule has 1 atom stereocenters. The molecule has 12 aromatic rings. The zero-order valence-electron chi connectivity index (χ0n) is 81.5. The maximum atomic E-state index is 12.0. The molecule has 3 saturated carbocycles. The highest BCUT2D eigenvalue weighted by atomic mass is 16.5. The molecule has 720 valence electrons. The van der Waals surface area contributed by atoms with E-state index in [1.807, 2.05) is 116 Å². The van der Waals surface area contributed by atoms with Gasteiger partial charge in [0.1, 0.15) is 45.6 Å². The van der Waals surface area contributed by atoms with E-state index in [1.165, 1.54) is 31.4 Å². The fraction of sp³-hybridized carbons (Fsp3) is 0.418. The molecule has 3 aliphatic carbocycles. The molecule has 4 aromatic heterocycles. The van der Waals surface area contributed by atoms with Gasteiger partial charge < -0.3 is 72.1 Å². The van der Waals surface area contributed by atoms with Gasteiger partial charge in [-0.3, -0.25) is 14.4 Å². The Hall–Kier alpha value is -12.9. The number of methoxy groups -OCH3 is 2. The third kappa shape index (κ3) is 24.4. The monoisotopic (exact) mass is 1860 g/mol. The van der Waals surface area contributed by atoms with Crippen LogP contribution in [0.5, 0.6) is 28.7 Å². The van der Waals surface area contributed by atoms with Crippen LogP contribution in [0.25, 0.3) is 67.8 Å². The maximum Gasteiger partial charge on any atom is 0.335 e. The lowest BCUT2D eigenvalue weighted by atomic mass is 10.1. The summed E-state index contributed by atoms with van der Waals surface area (Å²) in [7, 11) is 3.28. The third-order valence-electron chi connectivity index (χ3n) is 26.1. The van der Waals surface area contributed by atoms with Crippen molar-refractivity contribution in [3.8, 4) is 96.5 Å². The number of carboxylic acid groups (broad SMARTS) is 1. The molecule has 0 radical (unpaired) electrons. The van der Waals surface area contributed by atoms with Crippen LogP contribution in [-0.2, 0) is 69.3 Å². The van der Waals surface area contributed by atoms with Gasteiger partial charge in [0.05, 0.1) is 163 Å². The van der Waals surface area contributed by atoms with E-state index >= 15 is 0 Å². The van der Waals surface area contributed by atoms with Crippen molar-refractivity contribution in [2.75, 3.05) is 99.4 Å². The number of ketones is 3. The number of Topliss-reactive ketones (excluding diaryl/α,β-unsaturated/α-hetero) is 3. The summed E-state index contributed by atoms with van der Waals surface area (Å²) in [5, 5.41) is 29.2. The minimum atomic E-state index is -1.30. The van der Waals surface area contributed by atoms with Gasteiger partial charge in [0.2, 0.25) is 0 Å². The van der Waals surface area contributed by atoms with Crippen molar-refractivity contribution < 1.29 is 71.7 Å². The van der Waals surface area contributed by atoms with Gasteiger partial charge in [0.15, 0.2) is 23.0 Å². The number of rotatable bonds is 36. The maximum absolute atomic E-state index is 12.0. The summed E-state index contributed by atoms with van der Waals surface area (Å²) in [5.41, 5.74) is 15.4. The molecule has 27 heteroatoms. The molecule has 7 fully saturated rings. The Morgan fingerprint density at radius 1 is 0.336 bits per heavy atom. The Morgan fingerprint density at radius 2 is 0.628 bits per heavy atom. The lowest BCUT2D eigenvalue weighted by Gasteiger charge is -2.34. The van der Waals surface area contributed by atoms with Gasteiger partial charge in [-0.2, -0.15) is 20.4 Å². The average Bonchev–Trinajstić information content (AvgIpc) is 1.68. The minimum absolute atomic E-state index is 0.00443. The Morgan fingerprint density at radius 3 is 0.912 bits per heavy atom. The second-order valence-corrected chi connectivity index (χ2v) is 38.5. The summed E-state index contributed by atoms with van der Waals surface area (Å²) < 4.78 is 66.3. The van der Waals surface area contributed by atoms with Crippen LogP contribution in [0.3, 0.4) is 0 Å². The van der Waals surface area contributed by atoms with E-state index < -0.39 is 28.4 Å². The van der Waals surface area contributed by atoms with Gasteiger partial charge in [-0.25, -0.2) is 23.5 Å². The molecule has 7 aliphatic rings. The standard InChI is InChI=1S/2C28H33N3O4.C27H33N3O4.C27H31N3O3/c1-20(32)28(2,3)34-19-22-18-27(21-7-6-8-24(17-21)35-23-11-12-23)31(29-22)26-10-5-4-9-25(26)30-13-15-33-16-14-30;1-19-13-14-30(17-19)24-9-4-5-10-25(24)31-26(16-21(29-31)18-34-28(2,3)27(32)33)20-7-6-8-23(15-20)35-22-11-12-22;1-19(31)27(2,3)34-18-21-16-26(20-14-22(32-4)17-23(15-20)33-5)30(28-21)25-11-7-6-10-24(25)29-12-8-9-13-29;1-19(31)27(2,3)32-18-21-17-26(20-8-6-9-23(16-20)33-22-12-13-22)30(28-21)25-11-5-4-10-24(25)29-14-7-15-29/h4-10,17-18,23H,11-16,19H2,1-3H3;4-10,15-16,19,22H,11-14,17-18H2,1-3H3,(H,32,33);6-7,10-11,14-17H,8-9,12-13,18H2,1-5H3;4-6,8-11,16-17,22H,7,12-15,18H2,1-3H3/t;19-;;/m.0../s1. The van der Waals surface area contributed by atoms with Crippen molar-refractivity contribution in [1.82, 2.24) is 39.1 Å². The fourth-order valence-corrected chi connectivity index (χ4v) is 16.3. The second kappa shape index (κ2) is 42.8. The molecule has 4 saturated heterocycles. The van der Waals surface area contributed by atoms with E-state index in [1.54, 1.807) is 90.4 Å². The number of carbonyl (C=O) groups is 4. The van der Waals surface area contributed by atoms with Crippen LogP contribution in [0.1, 0.15) is 170 Å². The van der Waals surface area contributed by atoms with Crippen molar-refractivity contribution in [3.05, 3.63) is 235 Å². The smallest absolute Gasteiger partial charge is 0.335 e. The molecule has 0 bridgehead atoms. The average molecular weight is 1860 g/mol. The summed E-state index contributed by atoms with van der Waals surface area (Å²) in [6, 6.07) is 71.7. The second-order valence-electron chi connectivity index (χ2n) is 38.5. The van der Waals surface area contributed by atoms with Crippen LogP contribution < -0.4 is 43.3 Å². The summed E-state index contributed by atoms with van der Waals surface area (Å²) in [6.07, 6.45) is 12.4. The van der Waals surface area contributed by atoms with Gasteiger partial charge in [-0.05, 0) is 268 Å². The van der Waals surface area contributed by atoms with Gasteiger partial charge in [0, 0.05) is 80.7 Å². The number of carbonyl (C=O) groups excluding carboxylic acids is 3. The SMILES string of the molecule is CC(=O)C(C)(C)OCc1cc(-c2cccc(OC3CC3)c2)n(-c2ccccc2N2CCC2)n1.CC(=O)C(C)(C)OCc1cc(-c2cccc(OC3CC3)c2)n(-c2ccccc2N2CCOCC2)n1.COc1cc(OC)cc(-c2cc(COC(C)(C)C(C)=O)nn2-c2ccccc2N2CCCC2)c1.C[C@H]1CCN(c2ccccc2-n2nc(COC(C)(C)C(=O)O)cc2-c2cccc(OC3CC3)c2)C1. The summed E-state index contributed by atoms with van der Waals surface area (Å²) >= 11 is 0. The molecule has 27 nitrogen and oxygen atoms in total. The van der Waals surface area contributed by atoms with Gasteiger partial charge in [0.25, 0.3) is 0 Å². The predicted octanol–water partition coefficient (Wildman–Crippen LogP) is 20.3. The van der Waals surface area contributed by atoms with Gasteiger partial charge in [-0.15, -0.1) is 0 Å². The number of para-hydroxylation sites is 8. The van der Waals surface area contributed by atoms with Crippen LogP contribution in [0.15, 0.2) is 212 Å². The van der Waals surface area contributed by atoms with Crippen molar-refractivity contribution >= 4 is 46.1 Å². The number of carboxylic acids is 1. The van der Waals surface area contributed by atoms with Crippen molar-refractivity contribution in [3.63, 3.8) is 0 Å². The lowest BCUT2D eigenvalue weighted by molar-refractivity contribution is -0.162. The number of hydrogen-bond donors (Lipinski definition) is 1. The number of aliphatic carboxylic acids is 1. The van der Waals surface area contributed by atoms with Crippen LogP contribution in [0, 0.1) is 5.92 Å². The number of nitrogens with zero attached hydrogens (tertiary/aromatic N) is 12. The van der Waals surface area contributed by atoms with E-state index in [9.17, 15) is 24.3 Å². The Labute approximate surface area is 803 Å². The minimum Gasteiger partial charge on any atom is -0.497 e. The van der Waals surface area contributed by atoms with Crippen molar-refractivity contribution in [1.29, 1.82) is 0 Å². The number of ether oxygens (including phenoxy) is 10. The van der Waals surface area contributed by atoms with Crippen LogP contribution in [-0.4, -0.2) is 188 Å². The van der Waals surface area contributed by atoms with E-state index in [-0.39, 0.29) is 43.8 Å². The highest BCUT2D eigenvalue weighted by molar-refractivity contribution is 5.85. The largest absolute Gasteiger partial charge is 0.497 e. The molecule has 8 heterocycles. The number of morpholine rings is 1. The molecule has 0 unspecified atom stereocenters. The molecule has 4 aliphatic heterocycles. The Bertz CT molecular complexity index is 6020. The van der Waals surface area contributed by atoms with Crippen LogP contribution in [0.4, 0.5) is 22.7 Å². The summed E-state index contributed by atoms with van der Waals surface area (Å²) in [5.74, 6) is 3.61. The number of aromatic nitrogens is 8. The first-order chi connectivity index (χ1) is 65.9. The molecule has 0 amide bonds. The first-order valence-corrected chi connectivity index (χ1v) is 48.1. The van der Waals surface area contributed by atoms with E-state index in [0.717, 1.165) is 210 Å². The number of benzene rings is 8. The van der Waals surface area contributed by atoms with Crippen molar-refractivity contribution in [2.24, 2.45) is 5.92 Å². The summed E-state index contributed by atoms with van der Waals surface area (Å²) in [4.78, 5) is 56.9. The normalized spacial score (nSPS) is 16.1. The van der Waals surface area contributed by atoms with E-state index in [0.29, 0.717) is 54.6 Å². The molecule has 0 spiro atoms. The highest BCUT2D eigenvalue weighted by Crippen LogP contribution is 2.42. The highest BCUT2D eigenvalue weighted by Gasteiger charge is 2.35. The Kier molecular flexibility index (Phi) is 30.3. The molecule has 1 N–H and O–H groups in total. The van der Waals surface area contributed by atoms with Gasteiger partial charge in [-0.1, -0.05) is 91.9 Å². The van der Waals surface area contributed by atoms with Gasteiger partial charge >= 0.3 is 5.97 Å². The van der Waals surface area contributed by atoms with Crippen molar-refractivity contribution in [2.45, 2.75) is 214 Å². The number of anilines is 4. The zero-order valence-corrected chi connectivity index (χ0v) is 81.5.